The van der Waals surface area contributed by atoms with Crippen molar-refractivity contribution in [3.05, 3.63) is 120 Å². The first-order valence-corrected chi connectivity index (χ1v) is 11.8. The van der Waals surface area contributed by atoms with E-state index in [9.17, 15) is 26.8 Å². The van der Waals surface area contributed by atoms with E-state index in [2.05, 4.69) is 10.6 Å². The van der Waals surface area contributed by atoms with Crippen molar-refractivity contribution in [2.75, 3.05) is 10.6 Å². The van der Waals surface area contributed by atoms with Gasteiger partial charge in [-0.3, -0.25) is 9.59 Å². The number of rotatable bonds is 6. The summed E-state index contributed by atoms with van der Waals surface area (Å²) in [6.45, 7) is 0. The largest absolute Gasteiger partial charge is 0.322 e. The summed E-state index contributed by atoms with van der Waals surface area (Å²) in [5, 5.41) is 5.24. The number of anilines is 2. The first-order chi connectivity index (χ1) is 16.7. The monoisotopic (exact) mass is 492 g/mol. The molecule has 0 heterocycles. The summed E-state index contributed by atoms with van der Waals surface area (Å²) in [5.74, 6) is -1.84. The molecule has 2 amide bonds. The highest BCUT2D eigenvalue weighted by Gasteiger charge is 2.18. The second-order valence-electron chi connectivity index (χ2n) is 7.47. The maximum Gasteiger partial charge on any atom is 0.255 e. The molecule has 0 spiro atoms. The third-order valence-corrected chi connectivity index (χ3v) is 6.84. The molecule has 0 fully saturated rings. The van der Waals surface area contributed by atoms with Gasteiger partial charge in [0.1, 0.15) is 11.6 Å². The van der Waals surface area contributed by atoms with Crippen molar-refractivity contribution >= 4 is 33.0 Å². The second-order valence-corrected chi connectivity index (χ2v) is 9.42. The van der Waals surface area contributed by atoms with Gasteiger partial charge in [-0.1, -0.05) is 0 Å². The van der Waals surface area contributed by atoms with Crippen LogP contribution in [0.1, 0.15) is 20.7 Å². The SMILES string of the molecule is O=C(Nc1ccc(S(=O)(=O)c2ccc(NC(=O)c3ccc(F)cc3)cc2)cc1)c1ccc(F)cc1. The topological polar surface area (TPSA) is 92.3 Å². The molecule has 0 unspecified atom stereocenters. The van der Waals surface area contributed by atoms with Crippen LogP contribution in [0, 0.1) is 11.6 Å². The van der Waals surface area contributed by atoms with Gasteiger partial charge < -0.3 is 10.6 Å². The zero-order valence-corrected chi connectivity index (χ0v) is 18.9. The van der Waals surface area contributed by atoms with E-state index in [4.69, 9.17) is 0 Å². The molecular formula is C26H18F2N2O4S. The number of nitrogens with one attached hydrogen (secondary N) is 2. The average Bonchev–Trinajstić information content (AvgIpc) is 2.85. The van der Waals surface area contributed by atoms with Gasteiger partial charge in [0, 0.05) is 22.5 Å². The fourth-order valence-electron chi connectivity index (χ4n) is 3.18. The van der Waals surface area contributed by atoms with Crippen LogP contribution >= 0.6 is 0 Å². The number of sulfone groups is 1. The number of carbonyl (C=O) groups is 2. The molecule has 0 radical (unpaired) electrons. The Morgan fingerprint density at radius 3 is 1.14 bits per heavy atom. The molecule has 4 rings (SSSR count). The number of hydrogen-bond donors (Lipinski definition) is 2. The van der Waals surface area contributed by atoms with E-state index in [1.54, 1.807) is 0 Å². The van der Waals surface area contributed by atoms with Gasteiger partial charge in [0.15, 0.2) is 0 Å². The number of benzene rings is 4. The Kier molecular flexibility index (Phi) is 6.70. The van der Waals surface area contributed by atoms with E-state index < -0.39 is 33.3 Å². The fraction of sp³-hybridized carbons (Fsp3) is 0. The predicted molar refractivity (Wildman–Crippen MR) is 127 cm³/mol. The second kappa shape index (κ2) is 9.86. The summed E-state index contributed by atoms with van der Waals surface area (Å²) in [7, 11) is -3.85. The molecule has 176 valence electrons. The van der Waals surface area contributed by atoms with Gasteiger partial charge in [0.2, 0.25) is 9.84 Å². The van der Waals surface area contributed by atoms with Crippen molar-refractivity contribution in [3.63, 3.8) is 0 Å². The summed E-state index contributed by atoms with van der Waals surface area (Å²) in [4.78, 5) is 24.5. The van der Waals surface area contributed by atoms with E-state index in [1.165, 1.54) is 97.1 Å². The van der Waals surface area contributed by atoms with E-state index in [0.29, 0.717) is 11.4 Å². The van der Waals surface area contributed by atoms with Gasteiger partial charge in [0.05, 0.1) is 9.79 Å². The van der Waals surface area contributed by atoms with Gasteiger partial charge in [-0.15, -0.1) is 0 Å². The van der Waals surface area contributed by atoms with Crippen molar-refractivity contribution in [1.29, 1.82) is 0 Å². The number of hydrogen-bond acceptors (Lipinski definition) is 4. The first kappa shape index (κ1) is 23.8. The lowest BCUT2D eigenvalue weighted by Crippen LogP contribution is -2.12. The van der Waals surface area contributed by atoms with Gasteiger partial charge >= 0.3 is 0 Å². The highest BCUT2D eigenvalue weighted by Crippen LogP contribution is 2.24. The summed E-state index contributed by atoms with van der Waals surface area (Å²) >= 11 is 0. The Balaban J connectivity index is 1.44. The Morgan fingerprint density at radius 1 is 0.514 bits per heavy atom. The summed E-state index contributed by atoms with van der Waals surface area (Å²) in [6.07, 6.45) is 0. The molecular weight excluding hydrogens is 474 g/mol. The molecule has 6 nitrogen and oxygen atoms in total. The van der Waals surface area contributed by atoms with Gasteiger partial charge in [-0.2, -0.15) is 0 Å². The van der Waals surface area contributed by atoms with Crippen molar-refractivity contribution in [2.45, 2.75) is 9.79 Å². The van der Waals surface area contributed by atoms with E-state index in [0.717, 1.165) is 0 Å². The van der Waals surface area contributed by atoms with Crippen LogP contribution in [0.2, 0.25) is 0 Å². The quantitative estimate of drug-likeness (QED) is 0.382. The molecule has 0 saturated carbocycles. The minimum atomic E-state index is -3.85. The normalized spacial score (nSPS) is 11.0. The Hall–Kier alpha value is -4.37. The van der Waals surface area contributed by atoms with Gasteiger partial charge in [-0.05, 0) is 97.1 Å². The molecule has 0 aliphatic heterocycles. The Bertz CT molecular complexity index is 1360. The van der Waals surface area contributed by atoms with Crippen LogP contribution in [0.5, 0.6) is 0 Å². The van der Waals surface area contributed by atoms with E-state index >= 15 is 0 Å². The van der Waals surface area contributed by atoms with Crippen LogP contribution in [0.3, 0.4) is 0 Å². The number of amides is 2. The van der Waals surface area contributed by atoms with Crippen molar-refractivity contribution in [3.8, 4) is 0 Å². The molecule has 0 aliphatic carbocycles. The van der Waals surface area contributed by atoms with Crippen LogP contribution in [-0.2, 0) is 9.84 Å². The molecule has 4 aromatic carbocycles. The molecule has 0 aromatic heterocycles. The molecule has 0 saturated heterocycles. The average molecular weight is 493 g/mol. The first-order valence-electron chi connectivity index (χ1n) is 10.3. The highest BCUT2D eigenvalue weighted by molar-refractivity contribution is 7.91. The zero-order valence-electron chi connectivity index (χ0n) is 18.0. The maximum atomic E-state index is 13.0. The minimum Gasteiger partial charge on any atom is -0.322 e. The molecule has 4 aromatic rings. The Labute approximate surface area is 200 Å². The highest BCUT2D eigenvalue weighted by atomic mass is 32.2. The maximum absolute atomic E-state index is 13.0. The third-order valence-electron chi connectivity index (χ3n) is 5.06. The molecule has 0 atom stereocenters. The predicted octanol–water partition coefficient (Wildman–Crippen LogP) is 5.30. The lowest BCUT2D eigenvalue weighted by molar-refractivity contribution is 0.101. The molecule has 0 bridgehead atoms. The van der Waals surface area contributed by atoms with Gasteiger partial charge in [-0.25, -0.2) is 17.2 Å². The smallest absolute Gasteiger partial charge is 0.255 e. The minimum absolute atomic E-state index is 0.0142. The standard InChI is InChI=1S/C26H18F2N2O4S/c27-19-5-1-17(2-6-19)25(31)29-21-9-13-23(14-10-21)35(33,34)24-15-11-22(12-16-24)30-26(32)18-3-7-20(28)8-4-18/h1-16H,(H,29,31)(H,30,32). The molecule has 0 aliphatic rings. The lowest BCUT2D eigenvalue weighted by Gasteiger charge is -2.09. The van der Waals surface area contributed by atoms with Crippen LogP contribution in [0.25, 0.3) is 0 Å². The Morgan fingerprint density at radius 2 is 0.829 bits per heavy atom. The van der Waals surface area contributed by atoms with E-state index in [1.807, 2.05) is 0 Å². The van der Waals surface area contributed by atoms with Gasteiger partial charge in [0.25, 0.3) is 11.8 Å². The summed E-state index contributed by atoms with van der Waals surface area (Å²) in [5.41, 5.74) is 1.26. The lowest BCUT2D eigenvalue weighted by atomic mass is 10.2. The van der Waals surface area contributed by atoms with Crippen LogP contribution in [0.15, 0.2) is 107 Å². The van der Waals surface area contributed by atoms with Crippen molar-refractivity contribution in [1.82, 2.24) is 0 Å². The number of halogens is 2. The molecule has 9 heteroatoms. The van der Waals surface area contributed by atoms with Crippen LogP contribution in [-0.4, -0.2) is 20.2 Å². The van der Waals surface area contributed by atoms with Crippen molar-refractivity contribution < 1.29 is 26.8 Å². The third kappa shape index (κ3) is 5.59. The summed E-state index contributed by atoms with van der Waals surface area (Å²) < 4.78 is 52.0. The molecule has 35 heavy (non-hydrogen) atoms. The van der Waals surface area contributed by atoms with Crippen LogP contribution < -0.4 is 10.6 Å². The fourth-order valence-corrected chi connectivity index (χ4v) is 4.44. The number of carbonyl (C=O) groups excluding carboxylic acids is 2. The van der Waals surface area contributed by atoms with Crippen LogP contribution in [0.4, 0.5) is 20.2 Å². The molecule has 2 N–H and O–H groups in total. The zero-order chi connectivity index (χ0) is 25.0. The summed E-state index contributed by atoms with van der Waals surface area (Å²) in [6, 6.07) is 21.3. The van der Waals surface area contributed by atoms with Crippen molar-refractivity contribution in [2.24, 2.45) is 0 Å². The van der Waals surface area contributed by atoms with E-state index in [-0.39, 0.29) is 20.9 Å².